The minimum atomic E-state index is -2.82. The molecule has 3 aromatic heterocycles. The van der Waals surface area contributed by atoms with Crippen molar-refractivity contribution in [2.75, 3.05) is 0 Å². The second-order valence-electron chi connectivity index (χ2n) is 5.59. The standard InChI is InChI=1S/C17H11F3N6O/c18-12-4-1-10(2-5-12)14-9-26(25-22-14)8-13-6-3-11(7-21-13)16-23-24-17(27-16)15(19)20/h1-7,9,15H,8H2. The first-order valence-electron chi connectivity index (χ1n) is 7.81. The zero-order valence-electron chi connectivity index (χ0n) is 13.6. The van der Waals surface area contributed by atoms with Crippen molar-refractivity contribution in [2.24, 2.45) is 0 Å². The van der Waals surface area contributed by atoms with Crippen molar-refractivity contribution in [2.45, 2.75) is 13.0 Å². The summed E-state index contributed by atoms with van der Waals surface area (Å²) in [5.41, 5.74) is 2.46. The number of hydrogen-bond donors (Lipinski definition) is 0. The molecule has 0 atom stereocenters. The summed E-state index contributed by atoms with van der Waals surface area (Å²) in [5, 5.41) is 14.9. The highest BCUT2D eigenvalue weighted by molar-refractivity contribution is 5.57. The third-order valence-corrected chi connectivity index (χ3v) is 3.70. The molecule has 0 bridgehead atoms. The molecule has 0 spiro atoms. The maximum atomic E-state index is 13.0. The lowest BCUT2D eigenvalue weighted by molar-refractivity contribution is 0.116. The van der Waals surface area contributed by atoms with Gasteiger partial charge in [0.2, 0.25) is 5.89 Å². The van der Waals surface area contributed by atoms with E-state index in [9.17, 15) is 13.2 Å². The Balaban J connectivity index is 1.48. The molecule has 0 radical (unpaired) electrons. The lowest BCUT2D eigenvalue weighted by Gasteiger charge is -2.01. The Kier molecular flexibility index (Phi) is 4.37. The maximum Gasteiger partial charge on any atom is 0.314 e. The summed E-state index contributed by atoms with van der Waals surface area (Å²) in [6.45, 7) is 0.348. The first kappa shape index (κ1) is 16.9. The molecule has 0 amide bonds. The molecule has 0 aliphatic carbocycles. The van der Waals surface area contributed by atoms with Crippen molar-refractivity contribution in [1.82, 2.24) is 30.2 Å². The molecule has 7 nitrogen and oxygen atoms in total. The Hall–Kier alpha value is -3.56. The predicted molar refractivity (Wildman–Crippen MR) is 87.0 cm³/mol. The van der Waals surface area contributed by atoms with Crippen LogP contribution in [0.5, 0.6) is 0 Å². The van der Waals surface area contributed by atoms with E-state index in [0.29, 0.717) is 23.5 Å². The van der Waals surface area contributed by atoms with E-state index in [1.807, 2.05) is 0 Å². The van der Waals surface area contributed by atoms with Crippen LogP contribution in [0.1, 0.15) is 18.0 Å². The number of benzene rings is 1. The van der Waals surface area contributed by atoms with Crippen molar-refractivity contribution in [3.05, 3.63) is 66.2 Å². The third kappa shape index (κ3) is 3.68. The molecule has 0 fully saturated rings. The van der Waals surface area contributed by atoms with Gasteiger partial charge in [-0.25, -0.2) is 9.07 Å². The van der Waals surface area contributed by atoms with Gasteiger partial charge in [0.15, 0.2) is 0 Å². The lowest BCUT2D eigenvalue weighted by Crippen LogP contribution is -2.02. The highest BCUT2D eigenvalue weighted by Crippen LogP contribution is 2.23. The summed E-state index contributed by atoms with van der Waals surface area (Å²) in [4.78, 5) is 4.24. The van der Waals surface area contributed by atoms with Crippen LogP contribution in [-0.2, 0) is 6.54 Å². The van der Waals surface area contributed by atoms with Crippen LogP contribution in [0.15, 0.2) is 53.2 Å². The zero-order valence-corrected chi connectivity index (χ0v) is 13.6. The van der Waals surface area contributed by atoms with Gasteiger partial charge >= 0.3 is 6.43 Å². The molecule has 4 aromatic rings. The van der Waals surface area contributed by atoms with Gasteiger partial charge in [0.25, 0.3) is 5.89 Å². The topological polar surface area (TPSA) is 82.5 Å². The average Bonchev–Trinajstić information content (AvgIpc) is 3.33. The quantitative estimate of drug-likeness (QED) is 0.533. The lowest BCUT2D eigenvalue weighted by atomic mass is 10.2. The van der Waals surface area contributed by atoms with E-state index in [0.717, 1.165) is 5.56 Å². The molecule has 0 aliphatic heterocycles. The van der Waals surface area contributed by atoms with Crippen LogP contribution in [0.3, 0.4) is 0 Å². The molecule has 3 heterocycles. The molecule has 0 N–H and O–H groups in total. The Morgan fingerprint density at radius 1 is 0.963 bits per heavy atom. The van der Waals surface area contributed by atoms with Crippen LogP contribution in [0.2, 0.25) is 0 Å². The number of hydrogen-bond acceptors (Lipinski definition) is 6. The number of rotatable bonds is 5. The maximum absolute atomic E-state index is 13.0. The van der Waals surface area contributed by atoms with Crippen molar-refractivity contribution in [3.63, 3.8) is 0 Å². The van der Waals surface area contributed by atoms with Gasteiger partial charge < -0.3 is 4.42 Å². The van der Waals surface area contributed by atoms with Crippen molar-refractivity contribution in [3.8, 4) is 22.7 Å². The van der Waals surface area contributed by atoms with E-state index >= 15 is 0 Å². The molecule has 27 heavy (non-hydrogen) atoms. The van der Waals surface area contributed by atoms with Crippen molar-refractivity contribution < 1.29 is 17.6 Å². The molecule has 4 rings (SSSR count). The van der Waals surface area contributed by atoms with Gasteiger partial charge in [-0.3, -0.25) is 4.98 Å². The van der Waals surface area contributed by atoms with Crippen LogP contribution < -0.4 is 0 Å². The smallest absolute Gasteiger partial charge is 0.314 e. The average molecular weight is 372 g/mol. The number of alkyl halides is 2. The summed E-state index contributed by atoms with van der Waals surface area (Å²) >= 11 is 0. The Bertz CT molecular complexity index is 1040. The van der Waals surface area contributed by atoms with Crippen LogP contribution in [-0.4, -0.2) is 30.2 Å². The fourth-order valence-electron chi connectivity index (χ4n) is 2.38. The Labute approximate surface area is 150 Å². The van der Waals surface area contributed by atoms with Crippen molar-refractivity contribution in [1.29, 1.82) is 0 Å². The fourth-order valence-corrected chi connectivity index (χ4v) is 2.38. The first-order valence-corrected chi connectivity index (χ1v) is 7.81. The normalized spacial score (nSPS) is 11.3. The summed E-state index contributed by atoms with van der Waals surface area (Å²) in [7, 11) is 0. The highest BCUT2D eigenvalue weighted by atomic mass is 19.3. The number of aromatic nitrogens is 6. The second kappa shape index (κ2) is 6.98. The molecule has 0 saturated heterocycles. The van der Waals surface area contributed by atoms with Gasteiger partial charge in [0.05, 0.1) is 24.0 Å². The predicted octanol–water partition coefficient (Wildman–Crippen LogP) is 3.52. The van der Waals surface area contributed by atoms with Gasteiger partial charge in [-0.15, -0.1) is 15.3 Å². The van der Waals surface area contributed by atoms with Crippen molar-refractivity contribution >= 4 is 0 Å². The van der Waals surface area contributed by atoms with Crippen LogP contribution >= 0.6 is 0 Å². The largest absolute Gasteiger partial charge is 0.415 e. The van der Waals surface area contributed by atoms with E-state index in [-0.39, 0.29) is 11.7 Å². The summed E-state index contributed by atoms with van der Waals surface area (Å²) in [5.74, 6) is -1.08. The molecule has 10 heteroatoms. The van der Waals surface area contributed by atoms with E-state index < -0.39 is 12.3 Å². The third-order valence-electron chi connectivity index (χ3n) is 3.70. The zero-order chi connectivity index (χ0) is 18.8. The molecule has 1 aromatic carbocycles. The minimum Gasteiger partial charge on any atom is -0.415 e. The van der Waals surface area contributed by atoms with E-state index in [1.54, 1.807) is 35.1 Å². The second-order valence-corrected chi connectivity index (χ2v) is 5.59. The van der Waals surface area contributed by atoms with Gasteiger partial charge in [0, 0.05) is 11.8 Å². The SMILES string of the molecule is Fc1ccc(-c2cn(Cc3ccc(-c4nnc(C(F)F)o4)cn3)nn2)cc1. The molecule has 0 unspecified atom stereocenters. The van der Waals surface area contributed by atoms with Gasteiger partial charge in [-0.1, -0.05) is 5.21 Å². The highest BCUT2D eigenvalue weighted by Gasteiger charge is 2.17. The summed E-state index contributed by atoms with van der Waals surface area (Å²) < 4.78 is 44.5. The van der Waals surface area contributed by atoms with Gasteiger partial charge in [0.1, 0.15) is 11.5 Å². The Morgan fingerprint density at radius 2 is 1.74 bits per heavy atom. The molecule has 136 valence electrons. The van der Waals surface area contributed by atoms with E-state index in [1.165, 1.54) is 18.3 Å². The number of pyridine rings is 1. The summed E-state index contributed by atoms with van der Waals surface area (Å²) in [6.07, 6.45) is 0.354. The van der Waals surface area contributed by atoms with Gasteiger partial charge in [-0.05, 0) is 36.4 Å². The Morgan fingerprint density at radius 3 is 2.41 bits per heavy atom. The molecule has 0 saturated carbocycles. The van der Waals surface area contributed by atoms with E-state index in [2.05, 4.69) is 25.5 Å². The van der Waals surface area contributed by atoms with Crippen LogP contribution in [0, 0.1) is 5.82 Å². The number of halogens is 3. The number of nitrogens with zero attached hydrogens (tertiary/aromatic N) is 6. The first-order chi connectivity index (χ1) is 13.1. The molecular formula is C17H11F3N6O. The minimum absolute atomic E-state index is 0.0244. The molecule has 0 aliphatic rings. The molecular weight excluding hydrogens is 361 g/mol. The summed E-state index contributed by atoms with van der Waals surface area (Å²) in [6, 6.07) is 9.28. The van der Waals surface area contributed by atoms with Crippen LogP contribution in [0.4, 0.5) is 13.2 Å². The van der Waals surface area contributed by atoms with Crippen LogP contribution in [0.25, 0.3) is 22.7 Å². The fraction of sp³-hybridized carbons (Fsp3) is 0.118. The monoisotopic (exact) mass is 372 g/mol. The van der Waals surface area contributed by atoms with E-state index in [4.69, 9.17) is 4.42 Å². The van der Waals surface area contributed by atoms with Gasteiger partial charge in [-0.2, -0.15) is 8.78 Å².